The third-order valence-corrected chi connectivity index (χ3v) is 7.31. The first-order valence-electron chi connectivity index (χ1n) is 9.79. The molecule has 1 saturated carbocycles. The predicted octanol–water partition coefficient (Wildman–Crippen LogP) is 4.00. The van der Waals surface area contributed by atoms with E-state index in [1.54, 1.807) is 11.8 Å². The standard InChI is InChI=1S/C21H30N2O2S/c1-4-18-20(25)23(21(26-18)17-12-6-5-9-15(17)2)14-8-13-22(3)19(24)16-10-7-11-16/h5-6,9,12,16,18,21H,4,7-8,10-11,13-14H2,1-3H3. The van der Waals surface area contributed by atoms with Crippen molar-refractivity contribution in [1.29, 1.82) is 0 Å². The molecule has 0 spiro atoms. The molecule has 3 rings (SSSR count). The van der Waals surface area contributed by atoms with Gasteiger partial charge in [-0.15, -0.1) is 11.8 Å². The second kappa shape index (κ2) is 8.47. The molecule has 1 aromatic rings. The van der Waals surface area contributed by atoms with Crippen LogP contribution in [0.15, 0.2) is 24.3 Å². The third-order valence-electron chi connectivity index (χ3n) is 5.68. The zero-order chi connectivity index (χ0) is 18.7. The van der Waals surface area contributed by atoms with Crippen LogP contribution in [0.4, 0.5) is 0 Å². The summed E-state index contributed by atoms with van der Waals surface area (Å²) in [4.78, 5) is 29.0. The molecule has 1 saturated heterocycles. The molecule has 0 aromatic heterocycles. The van der Waals surface area contributed by atoms with Crippen molar-refractivity contribution in [3.05, 3.63) is 35.4 Å². The first-order chi connectivity index (χ1) is 12.5. The average Bonchev–Trinajstić information content (AvgIpc) is 2.89. The van der Waals surface area contributed by atoms with E-state index in [4.69, 9.17) is 0 Å². The largest absolute Gasteiger partial charge is 0.345 e. The molecule has 1 aromatic carbocycles. The van der Waals surface area contributed by atoms with Crippen LogP contribution < -0.4 is 0 Å². The van der Waals surface area contributed by atoms with Gasteiger partial charge in [-0.1, -0.05) is 37.6 Å². The van der Waals surface area contributed by atoms with Crippen molar-refractivity contribution in [2.75, 3.05) is 20.1 Å². The molecular weight excluding hydrogens is 344 g/mol. The summed E-state index contributed by atoms with van der Waals surface area (Å²) in [5.74, 6) is 0.771. The fourth-order valence-electron chi connectivity index (χ4n) is 3.75. The van der Waals surface area contributed by atoms with Crippen LogP contribution >= 0.6 is 11.8 Å². The Morgan fingerprint density at radius 1 is 1.31 bits per heavy atom. The lowest BCUT2D eigenvalue weighted by molar-refractivity contribution is -0.136. The molecule has 5 heteroatoms. The van der Waals surface area contributed by atoms with Gasteiger partial charge in [0.2, 0.25) is 11.8 Å². The Labute approximate surface area is 161 Å². The minimum Gasteiger partial charge on any atom is -0.345 e. The van der Waals surface area contributed by atoms with E-state index in [0.29, 0.717) is 6.54 Å². The van der Waals surface area contributed by atoms with Gasteiger partial charge in [0, 0.05) is 26.1 Å². The lowest BCUT2D eigenvalue weighted by Crippen LogP contribution is -2.38. The molecule has 142 valence electrons. The topological polar surface area (TPSA) is 40.6 Å². The van der Waals surface area contributed by atoms with Crippen LogP contribution in [-0.2, 0) is 9.59 Å². The fourth-order valence-corrected chi connectivity index (χ4v) is 5.27. The van der Waals surface area contributed by atoms with E-state index >= 15 is 0 Å². The highest BCUT2D eigenvalue weighted by molar-refractivity contribution is 8.01. The molecule has 2 aliphatic rings. The number of hydrogen-bond acceptors (Lipinski definition) is 3. The summed E-state index contributed by atoms with van der Waals surface area (Å²) in [6.45, 7) is 5.63. The Bertz CT molecular complexity index is 659. The Kier molecular flexibility index (Phi) is 6.28. The molecular formula is C21H30N2O2S. The second-order valence-electron chi connectivity index (χ2n) is 7.51. The van der Waals surface area contributed by atoms with E-state index in [1.165, 1.54) is 17.5 Å². The number of rotatable bonds is 7. The van der Waals surface area contributed by atoms with Crippen molar-refractivity contribution >= 4 is 23.6 Å². The number of carbonyl (C=O) groups is 2. The second-order valence-corrected chi connectivity index (χ2v) is 8.80. The van der Waals surface area contributed by atoms with Crippen LogP contribution in [0.3, 0.4) is 0 Å². The zero-order valence-corrected chi connectivity index (χ0v) is 16.9. The zero-order valence-electron chi connectivity index (χ0n) is 16.1. The van der Waals surface area contributed by atoms with Crippen molar-refractivity contribution in [2.24, 2.45) is 5.92 Å². The van der Waals surface area contributed by atoms with Crippen molar-refractivity contribution in [3.63, 3.8) is 0 Å². The maximum atomic E-state index is 12.8. The van der Waals surface area contributed by atoms with Gasteiger partial charge in [0.05, 0.1) is 5.25 Å². The Morgan fingerprint density at radius 2 is 2.04 bits per heavy atom. The number of amides is 2. The maximum Gasteiger partial charge on any atom is 0.236 e. The minimum absolute atomic E-state index is 0.0499. The highest BCUT2D eigenvalue weighted by atomic mass is 32.2. The van der Waals surface area contributed by atoms with E-state index in [9.17, 15) is 9.59 Å². The van der Waals surface area contributed by atoms with E-state index in [1.807, 2.05) is 22.9 Å². The SMILES string of the molecule is CCC1SC(c2ccccc2C)N(CCCN(C)C(=O)C2CCC2)C1=O. The van der Waals surface area contributed by atoms with Crippen LogP contribution in [0, 0.1) is 12.8 Å². The van der Waals surface area contributed by atoms with Crippen LogP contribution in [0.5, 0.6) is 0 Å². The molecule has 4 nitrogen and oxygen atoms in total. The monoisotopic (exact) mass is 374 g/mol. The molecule has 0 bridgehead atoms. The van der Waals surface area contributed by atoms with Crippen molar-refractivity contribution in [1.82, 2.24) is 9.80 Å². The van der Waals surface area contributed by atoms with Crippen molar-refractivity contribution < 1.29 is 9.59 Å². The van der Waals surface area contributed by atoms with E-state index in [0.717, 1.165) is 32.2 Å². The highest BCUT2D eigenvalue weighted by Gasteiger charge is 2.40. The molecule has 1 heterocycles. The Morgan fingerprint density at radius 3 is 2.65 bits per heavy atom. The number of nitrogens with zero attached hydrogens (tertiary/aromatic N) is 2. The summed E-state index contributed by atoms with van der Waals surface area (Å²) in [5.41, 5.74) is 2.47. The maximum absolute atomic E-state index is 12.8. The van der Waals surface area contributed by atoms with Gasteiger partial charge < -0.3 is 9.80 Å². The summed E-state index contributed by atoms with van der Waals surface area (Å²) in [7, 11) is 1.90. The average molecular weight is 375 g/mol. The number of hydrogen-bond donors (Lipinski definition) is 0. The van der Waals surface area contributed by atoms with Gasteiger partial charge in [0.25, 0.3) is 0 Å². The lowest BCUT2D eigenvalue weighted by Gasteiger charge is -2.30. The predicted molar refractivity (Wildman–Crippen MR) is 107 cm³/mol. The molecule has 2 atom stereocenters. The van der Waals surface area contributed by atoms with Crippen molar-refractivity contribution in [3.8, 4) is 0 Å². The molecule has 1 aliphatic heterocycles. The normalized spacial score (nSPS) is 23.2. The van der Waals surface area contributed by atoms with Crippen molar-refractivity contribution in [2.45, 2.75) is 56.6 Å². The molecule has 0 N–H and O–H groups in total. The fraction of sp³-hybridized carbons (Fsp3) is 0.619. The quantitative estimate of drug-likeness (QED) is 0.724. The number of aryl methyl sites for hydroxylation is 1. The van der Waals surface area contributed by atoms with Crippen LogP contribution in [-0.4, -0.2) is 47.0 Å². The summed E-state index contributed by atoms with van der Waals surface area (Å²) in [6, 6.07) is 8.35. The van der Waals surface area contributed by atoms with Crippen LogP contribution in [0.1, 0.15) is 55.5 Å². The molecule has 0 radical (unpaired) electrons. The number of thioether (sulfide) groups is 1. The van der Waals surface area contributed by atoms with Gasteiger partial charge in [-0.3, -0.25) is 9.59 Å². The van der Waals surface area contributed by atoms with E-state index < -0.39 is 0 Å². The summed E-state index contributed by atoms with van der Waals surface area (Å²) >= 11 is 1.77. The van der Waals surface area contributed by atoms with Gasteiger partial charge in [-0.2, -0.15) is 0 Å². The molecule has 2 fully saturated rings. The lowest BCUT2D eigenvalue weighted by atomic mass is 9.84. The van der Waals surface area contributed by atoms with E-state index in [2.05, 4.69) is 32.0 Å². The number of carbonyl (C=O) groups excluding carboxylic acids is 2. The van der Waals surface area contributed by atoms with Gasteiger partial charge in [-0.05, 0) is 43.7 Å². The molecule has 2 unspecified atom stereocenters. The van der Waals surface area contributed by atoms with Gasteiger partial charge >= 0.3 is 0 Å². The summed E-state index contributed by atoms with van der Waals surface area (Å²) in [6.07, 6.45) is 4.96. The number of benzene rings is 1. The molecule has 2 amide bonds. The third kappa shape index (κ3) is 3.93. The highest BCUT2D eigenvalue weighted by Crippen LogP contribution is 2.45. The Hall–Kier alpha value is -1.49. The molecule has 26 heavy (non-hydrogen) atoms. The minimum atomic E-state index is 0.0499. The summed E-state index contributed by atoms with van der Waals surface area (Å²) < 4.78 is 0. The Balaban J connectivity index is 1.62. The van der Waals surface area contributed by atoms with Gasteiger partial charge in [-0.25, -0.2) is 0 Å². The van der Waals surface area contributed by atoms with Crippen LogP contribution in [0.2, 0.25) is 0 Å². The van der Waals surface area contributed by atoms with Crippen LogP contribution in [0.25, 0.3) is 0 Å². The first-order valence-corrected chi connectivity index (χ1v) is 10.7. The van der Waals surface area contributed by atoms with Gasteiger partial charge in [0.15, 0.2) is 0 Å². The first kappa shape index (κ1) is 19.3. The van der Waals surface area contributed by atoms with E-state index in [-0.39, 0.29) is 28.4 Å². The van der Waals surface area contributed by atoms with Gasteiger partial charge in [0.1, 0.15) is 5.37 Å². The summed E-state index contributed by atoms with van der Waals surface area (Å²) in [5, 5.41) is 0.148. The smallest absolute Gasteiger partial charge is 0.236 e. The molecule has 1 aliphatic carbocycles.